The molecule has 7 nitrogen and oxygen atoms in total. The highest BCUT2D eigenvalue weighted by atomic mass is 19.1. The Balaban J connectivity index is 1.24. The molecule has 1 aliphatic rings. The maximum Gasteiger partial charge on any atom is 0.130 e. The van der Waals surface area contributed by atoms with Crippen LogP contribution in [0.3, 0.4) is 0 Å². The third kappa shape index (κ3) is 4.26. The van der Waals surface area contributed by atoms with Crippen LogP contribution in [0.5, 0.6) is 0 Å². The number of hydrogen-bond donors (Lipinski definition) is 1. The topological polar surface area (TPSA) is 75.5 Å². The van der Waals surface area contributed by atoms with Gasteiger partial charge in [0, 0.05) is 47.4 Å². The molecule has 0 spiro atoms. The van der Waals surface area contributed by atoms with Crippen molar-refractivity contribution < 1.29 is 8.78 Å². The number of halogens is 2. The first-order valence-electron chi connectivity index (χ1n) is 12.0. The average molecular weight is 486 g/mol. The maximum absolute atomic E-state index is 14.2. The van der Waals surface area contributed by atoms with E-state index in [-0.39, 0.29) is 18.0 Å². The lowest BCUT2D eigenvalue weighted by atomic mass is 9.95. The Hall–Kier alpha value is -3.98. The lowest BCUT2D eigenvalue weighted by Gasteiger charge is -2.31. The minimum Gasteiger partial charge on any atom is -0.298 e. The summed E-state index contributed by atoms with van der Waals surface area (Å²) in [5, 5.41) is 17.5. The molecule has 36 heavy (non-hydrogen) atoms. The summed E-state index contributed by atoms with van der Waals surface area (Å²) in [6.45, 7) is 3.68. The van der Waals surface area contributed by atoms with Crippen LogP contribution in [0.1, 0.15) is 35.7 Å². The highest BCUT2D eigenvalue weighted by Gasteiger charge is 2.25. The lowest BCUT2D eigenvalue weighted by molar-refractivity contribution is 0.194. The fourth-order valence-electron chi connectivity index (χ4n) is 4.99. The third-order valence-corrected chi connectivity index (χ3v) is 6.86. The Morgan fingerprint density at radius 2 is 1.94 bits per heavy atom. The van der Waals surface area contributed by atoms with Gasteiger partial charge < -0.3 is 0 Å². The quantitative estimate of drug-likeness (QED) is 0.372. The second-order valence-corrected chi connectivity index (χ2v) is 9.35. The van der Waals surface area contributed by atoms with Gasteiger partial charge in [-0.15, -0.1) is 5.10 Å². The summed E-state index contributed by atoms with van der Waals surface area (Å²) in [6, 6.07) is 14.0. The van der Waals surface area contributed by atoms with E-state index >= 15 is 0 Å². The monoisotopic (exact) mass is 485 g/mol. The van der Waals surface area contributed by atoms with Gasteiger partial charge in [0.2, 0.25) is 0 Å². The van der Waals surface area contributed by atoms with Crippen LogP contribution >= 0.6 is 0 Å². The van der Waals surface area contributed by atoms with Crippen LogP contribution in [-0.2, 0) is 6.54 Å². The zero-order valence-corrected chi connectivity index (χ0v) is 19.8. The number of aryl methyl sites for hydroxylation is 1. The van der Waals surface area contributed by atoms with Crippen LogP contribution in [0.4, 0.5) is 8.78 Å². The molecule has 0 amide bonds. The smallest absolute Gasteiger partial charge is 0.130 e. The number of rotatable bonds is 5. The molecule has 1 fully saturated rings. The number of H-pyrrole nitrogens is 1. The number of aromatic amines is 1. The molecule has 1 aliphatic heterocycles. The number of likely N-dealkylation sites (tertiary alicyclic amines) is 1. The van der Waals surface area contributed by atoms with Crippen molar-refractivity contribution in [3.63, 3.8) is 0 Å². The minimum absolute atomic E-state index is 0.121. The molecule has 1 saturated heterocycles. The van der Waals surface area contributed by atoms with Crippen LogP contribution in [0.25, 0.3) is 27.8 Å². The summed E-state index contributed by atoms with van der Waals surface area (Å²) in [4.78, 5) is 6.37. The fourth-order valence-corrected chi connectivity index (χ4v) is 4.99. The SMILES string of the molecule is Cc1cc(-c2n[nH]c3ccc(-n4cc([C@@H]5CCCN(Cc6c(F)cccc6F)C5)nn4)cc23)ccn1. The van der Waals surface area contributed by atoms with E-state index in [0.717, 1.165) is 58.6 Å². The summed E-state index contributed by atoms with van der Waals surface area (Å²) >= 11 is 0. The van der Waals surface area contributed by atoms with Gasteiger partial charge in [-0.2, -0.15) is 5.10 Å². The van der Waals surface area contributed by atoms with Gasteiger partial charge in [0.1, 0.15) is 17.3 Å². The van der Waals surface area contributed by atoms with Crippen LogP contribution < -0.4 is 0 Å². The van der Waals surface area contributed by atoms with Crippen LogP contribution in [0.2, 0.25) is 0 Å². The number of benzene rings is 2. The zero-order chi connectivity index (χ0) is 24.6. The number of piperidine rings is 1. The Bertz CT molecular complexity index is 1520. The molecule has 6 rings (SSSR count). The van der Waals surface area contributed by atoms with E-state index in [9.17, 15) is 8.78 Å². The van der Waals surface area contributed by atoms with Crippen molar-refractivity contribution in [3.8, 4) is 16.9 Å². The van der Waals surface area contributed by atoms with Crippen LogP contribution in [-0.4, -0.2) is 48.2 Å². The second kappa shape index (κ2) is 9.23. The zero-order valence-electron chi connectivity index (χ0n) is 19.8. The highest BCUT2D eigenvalue weighted by molar-refractivity contribution is 5.94. The van der Waals surface area contributed by atoms with Crippen LogP contribution in [0, 0.1) is 18.6 Å². The normalized spacial score (nSPS) is 16.6. The van der Waals surface area contributed by atoms with Gasteiger partial charge in [-0.1, -0.05) is 11.3 Å². The minimum atomic E-state index is -0.501. The van der Waals surface area contributed by atoms with Gasteiger partial charge in [-0.05, 0) is 68.8 Å². The van der Waals surface area contributed by atoms with Gasteiger partial charge in [0.15, 0.2) is 0 Å². The van der Waals surface area contributed by atoms with E-state index in [2.05, 4.69) is 36.5 Å². The number of aromatic nitrogens is 6. The average Bonchev–Trinajstić information content (AvgIpc) is 3.54. The van der Waals surface area contributed by atoms with Crippen molar-refractivity contribution in [1.82, 2.24) is 35.1 Å². The highest BCUT2D eigenvalue weighted by Crippen LogP contribution is 2.30. The molecule has 1 atom stereocenters. The van der Waals surface area contributed by atoms with Crippen molar-refractivity contribution in [2.24, 2.45) is 0 Å². The molecular formula is C27H25F2N7. The molecule has 2 aromatic carbocycles. The Kier molecular flexibility index (Phi) is 5.77. The number of nitrogens with zero attached hydrogens (tertiary/aromatic N) is 6. The molecule has 182 valence electrons. The number of fused-ring (bicyclic) bond motifs is 1. The first kappa shape index (κ1) is 22.5. The van der Waals surface area contributed by atoms with E-state index in [4.69, 9.17) is 0 Å². The Morgan fingerprint density at radius 3 is 2.78 bits per heavy atom. The van der Waals surface area contributed by atoms with Crippen molar-refractivity contribution in [1.29, 1.82) is 0 Å². The van der Waals surface area contributed by atoms with Crippen LogP contribution in [0.15, 0.2) is 60.9 Å². The lowest BCUT2D eigenvalue weighted by Crippen LogP contribution is -2.34. The molecule has 0 saturated carbocycles. The predicted octanol–water partition coefficient (Wildman–Crippen LogP) is 5.17. The van der Waals surface area contributed by atoms with Crippen molar-refractivity contribution in [2.75, 3.05) is 13.1 Å². The fraction of sp³-hybridized carbons (Fsp3) is 0.259. The van der Waals surface area contributed by atoms with Gasteiger partial charge in [-0.25, -0.2) is 13.5 Å². The first-order chi connectivity index (χ1) is 17.5. The maximum atomic E-state index is 14.2. The van der Waals surface area contributed by atoms with E-state index in [0.29, 0.717) is 6.54 Å². The van der Waals surface area contributed by atoms with Gasteiger partial charge in [0.25, 0.3) is 0 Å². The van der Waals surface area contributed by atoms with E-state index < -0.39 is 11.6 Å². The largest absolute Gasteiger partial charge is 0.298 e. The van der Waals surface area contributed by atoms with Crippen molar-refractivity contribution >= 4 is 10.9 Å². The third-order valence-electron chi connectivity index (χ3n) is 6.86. The van der Waals surface area contributed by atoms with Crippen molar-refractivity contribution in [3.05, 3.63) is 89.5 Å². The van der Waals surface area contributed by atoms with Gasteiger partial charge in [-0.3, -0.25) is 15.0 Å². The molecule has 0 bridgehead atoms. The summed E-state index contributed by atoms with van der Waals surface area (Å²) < 4.78 is 30.1. The molecule has 0 unspecified atom stereocenters. The molecule has 4 heterocycles. The van der Waals surface area contributed by atoms with Gasteiger partial charge >= 0.3 is 0 Å². The van der Waals surface area contributed by atoms with E-state index in [1.54, 1.807) is 10.9 Å². The van der Waals surface area contributed by atoms with E-state index in [1.807, 2.05) is 37.4 Å². The molecule has 0 radical (unpaired) electrons. The number of pyridine rings is 1. The predicted molar refractivity (Wildman–Crippen MR) is 133 cm³/mol. The summed E-state index contributed by atoms with van der Waals surface area (Å²) in [6.07, 6.45) is 5.63. The van der Waals surface area contributed by atoms with Crippen molar-refractivity contribution in [2.45, 2.75) is 32.2 Å². The number of hydrogen-bond acceptors (Lipinski definition) is 5. The number of nitrogens with one attached hydrogen (secondary N) is 1. The Morgan fingerprint density at radius 1 is 1.08 bits per heavy atom. The summed E-state index contributed by atoms with van der Waals surface area (Å²) in [5.41, 5.74) is 5.61. The van der Waals surface area contributed by atoms with Gasteiger partial charge in [0.05, 0.1) is 23.1 Å². The molecule has 5 aromatic rings. The molecule has 3 aromatic heterocycles. The molecule has 0 aliphatic carbocycles. The summed E-state index contributed by atoms with van der Waals surface area (Å²) in [7, 11) is 0. The molecule has 9 heteroatoms. The van der Waals surface area contributed by atoms with E-state index in [1.165, 1.54) is 18.2 Å². The summed E-state index contributed by atoms with van der Waals surface area (Å²) in [5.74, 6) is -0.853. The Labute approximate surface area is 206 Å². The standard InChI is InChI=1S/C27H25F2N7/c1-17-12-18(9-10-30-17)27-21-13-20(7-8-25(21)31-33-27)36-16-26(32-34-36)19-4-3-11-35(14-19)15-22-23(28)5-2-6-24(22)29/h2,5-10,12-13,16,19H,3-4,11,14-15H2,1H3,(H,31,33)/t19-/m1/s1. The molecule has 1 N–H and O–H groups in total. The first-order valence-corrected chi connectivity index (χ1v) is 12.0. The second-order valence-electron chi connectivity index (χ2n) is 9.35. The molecular weight excluding hydrogens is 460 g/mol.